The van der Waals surface area contributed by atoms with Crippen molar-refractivity contribution in [2.45, 2.75) is 33.1 Å². The fraction of sp³-hybridized carbons (Fsp3) is 0.176. The van der Waals surface area contributed by atoms with Gasteiger partial charge in [0.2, 0.25) is 5.69 Å². The number of benzene rings is 4. The lowest BCUT2D eigenvalue weighted by atomic mass is 9.80. The van der Waals surface area contributed by atoms with Gasteiger partial charge in [-0.1, -0.05) is 75.4 Å². The summed E-state index contributed by atoms with van der Waals surface area (Å²) < 4.78 is 4.58. The van der Waals surface area contributed by atoms with Crippen molar-refractivity contribution in [1.82, 2.24) is 4.57 Å². The van der Waals surface area contributed by atoms with E-state index in [0.29, 0.717) is 5.69 Å². The summed E-state index contributed by atoms with van der Waals surface area (Å²) in [6.45, 7) is 16.8. The third kappa shape index (κ3) is 3.52. The quantitative estimate of drug-likeness (QED) is 0.174. The fourth-order valence-electron chi connectivity index (χ4n) is 5.75. The Morgan fingerprint density at radius 2 is 1.49 bits per heavy atom. The largest absolute Gasteiger partial charge is 0.305 e. The fourth-order valence-corrected chi connectivity index (χ4v) is 5.75. The van der Waals surface area contributed by atoms with Gasteiger partial charge in [0, 0.05) is 28.0 Å². The van der Waals surface area contributed by atoms with Gasteiger partial charge in [0.1, 0.15) is 12.6 Å². The van der Waals surface area contributed by atoms with Crippen molar-refractivity contribution in [3.8, 4) is 16.9 Å². The highest BCUT2D eigenvalue weighted by molar-refractivity contribution is 6.13. The minimum atomic E-state index is -0.00874. The van der Waals surface area contributed by atoms with Crippen molar-refractivity contribution in [3.05, 3.63) is 114 Å². The van der Waals surface area contributed by atoms with E-state index in [1.807, 2.05) is 18.2 Å². The molecule has 0 unspecified atom stereocenters. The first-order valence-electron chi connectivity index (χ1n) is 12.7. The first-order valence-corrected chi connectivity index (χ1v) is 12.7. The van der Waals surface area contributed by atoms with Crippen molar-refractivity contribution in [3.63, 3.8) is 0 Å². The van der Waals surface area contributed by atoms with E-state index in [-0.39, 0.29) is 5.41 Å². The SMILES string of the molecule is [C-]#[N+]c1ccc2c3cc[n+](C)c(-c4cc(C(C)(C)C)c5ccccc5c4C)c3n(-c3ccccc3)c2c1. The second-order valence-corrected chi connectivity index (χ2v) is 10.9. The first kappa shape index (κ1) is 23.0. The predicted octanol–water partition coefficient (Wildman–Crippen LogP) is 8.59. The van der Waals surface area contributed by atoms with Crippen LogP contribution in [0.25, 0.3) is 54.4 Å². The van der Waals surface area contributed by atoms with Crippen LogP contribution in [-0.4, -0.2) is 4.57 Å². The van der Waals surface area contributed by atoms with Crippen LogP contribution >= 0.6 is 0 Å². The molecule has 0 saturated heterocycles. The molecule has 3 nitrogen and oxygen atoms in total. The van der Waals surface area contributed by atoms with Gasteiger partial charge in [-0.15, -0.1) is 0 Å². The second kappa shape index (κ2) is 8.32. The highest BCUT2D eigenvalue weighted by atomic mass is 15.0. The van der Waals surface area contributed by atoms with E-state index in [9.17, 15) is 0 Å². The Labute approximate surface area is 218 Å². The van der Waals surface area contributed by atoms with Crippen molar-refractivity contribution in [2.75, 3.05) is 0 Å². The van der Waals surface area contributed by atoms with Gasteiger partial charge < -0.3 is 4.57 Å². The summed E-state index contributed by atoms with van der Waals surface area (Å²) in [5.74, 6) is 0. The Bertz CT molecular complexity index is 1880. The maximum absolute atomic E-state index is 7.64. The molecule has 2 aromatic heterocycles. The molecule has 0 aliphatic rings. The maximum atomic E-state index is 7.64. The lowest BCUT2D eigenvalue weighted by Crippen LogP contribution is -2.31. The van der Waals surface area contributed by atoms with Crippen LogP contribution in [0.4, 0.5) is 5.69 Å². The number of para-hydroxylation sites is 1. The van der Waals surface area contributed by atoms with Crippen molar-refractivity contribution >= 4 is 38.3 Å². The molecule has 4 aromatic carbocycles. The third-order valence-corrected chi connectivity index (χ3v) is 7.55. The van der Waals surface area contributed by atoms with Gasteiger partial charge in [0.25, 0.3) is 0 Å². The molecule has 0 saturated carbocycles. The average molecular weight is 481 g/mol. The predicted molar refractivity (Wildman–Crippen MR) is 155 cm³/mol. The number of rotatable bonds is 2. The van der Waals surface area contributed by atoms with E-state index in [1.54, 1.807) is 0 Å². The first-order chi connectivity index (χ1) is 17.8. The number of hydrogen-bond acceptors (Lipinski definition) is 0. The molecule has 0 N–H and O–H groups in total. The van der Waals surface area contributed by atoms with E-state index >= 15 is 0 Å². The molecule has 0 amide bonds. The number of aryl methyl sites for hydroxylation is 2. The van der Waals surface area contributed by atoms with Crippen molar-refractivity contribution in [2.24, 2.45) is 7.05 Å². The van der Waals surface area contributed by atoms with E-state index in [0.717, 1.165) is 22.1 Å². The molecule has 0 spiro atoms. The monoisotopic (exact) mass is 480 g/mol. The molecule has 0 bridgehead atoms. The van der Waals surface area contributed by atoms with E-state index in [2.05, 4.69) is 122 Å². The number of aromatic nitrogens is 2. The van der Waals surface area contributed by atoms with Gasteiger partial charge >= 0.3 is 0 Å². The summed E-state index contributed by atoms with van der Waals surface area (Å²) in [6.07, 6.45) is 2.17. The Hall–Kier alpha value is -4.42. The number of pyridine rings is 1. The van der Waals surface area contributed by atoms with Crippen LogP contribution in [0.15, 0.2) is 91.1 Å². The van der Waals surface area contributed by atoms with Gasteiger partial charge in [-0.2, -0.15) is 4.57 Å². The Kier molecular flexibility index (Phi) is 5.17. The third-order valence-electron chi connectivity index (χ3n) is 7.55. The molecular formula is C34H30N3+. The lowest BCUT2D eigenvalue weighted by molar-refractivity contribution is -0.659. The van der Waals surface area contributed by atoms with E-state index < -0.39 is 0 Å². The minimum Gasteiger partial charge on any atom is -0.305 e. The van der Waals surface area contributed by atoms with Crippen molar-refractivity contribution < 1.29 is 4.57 Å². The molecule has 3 heteroatoms. The molecule has 6 rings (SSSR count). The summed E-state index contributed by atoms with van der Waals surface area (Å²) in [5.41, 5.74) is 8.98. The number of nitrogens with zero attached hydrogens (tertiary/aromatic N) is 3. The highest BCUT2D eigenvalue weighted by Crippen LogP contribution is 2.42. The molecule has 6 aromatic rings. The Morgan fingerprint density at radius 3 is 2.19 bits per heavy atom. The van der Waals surface area contributed by atoms with Crippen LogP contribution in [0.3, 0.4) is 0 Å². The zero-order valence-corrected chi connectivity index (χ0v) is 22.0. The molecule has 37 heavy (non-hydrogen) atoms. The normalized spacial score (nSPS) is 11.9. The molecule has 2 heterocycles. The molecule has 0 radical (unpaired) electrons. The number of hydrogen-bond donors (Lipinski definition) is 0. The maximum Gasteiger partial charge on any atom is 0.237 e. The molecule has 180 valence electrons. The standard InChI is InChI=1S/C34H30N3/c1-22-25-14-10-11-15-26(25)30(34(2,3)4)21-29(22)32-33-28(18-19-36(32)6)27-17-16-23(35-5)20-31(27)37(33)24-12-8-7-9-13-24/h7-21H,1-4,6H3/q+1. The van der Waals surface area contributed by atoms with Gasteiger partial charge in [0.15, 0.2) is 11.9 Å². The van der Waals surface area contributed by atoms with Crippen LogP contribution in [0.5, 0.6) is 0 Å². The molecule has 0 aliphatic carbocycles. The van der Waals surface area contributed by atoms with E-state index in [4.69, 9.17) is 6.57 Å². The van der Waals surface area contributed by atoms with Gasteiger partial charge in [-0.25, -0.2) is 4.85 Å². The molecule has 0 atom stereocenters. The van der Waals surface area contributed by atoms with Crippen LogP contribution in [0.2, 0.25) is 0 Å². The lowest BCUT2D eigenvalue weighted by Gasteiger charge is -2.24. The minimum absolute atomic E-state index is 0.00874. The average Bonchev–Trinajstić information content (AvgIpc) is 3.22. The smallest absolute Gasteiger partial charge is 0.237 e. The topological polar surface area (TPSA) is 13.2 Å². The van der Waals surface area contributed by atoms with Crippen LogP contribution in [0.1, 0.15) is 31.9 Å². The van der Waals surface area contributed by atoms with Crippen LogP contribution in [0, 0.1) is 13.5 Å². The Morgan fingerprint density at radius 1 is 0.784 bits per heavy atom. The zero-order valence-electron chi connectivity index (χ0n) is 22.0. The summed E-state index contributed by atoms with van der Waals surface area (Å²) in [4.78, 5) is 3.74. The second-order valence-electron chi connectivity index (χ2n) is 10.9. The number of fused-ring (bicyclic) bond motifs is 4. The van der Waals surface area contributed by atoms with Crippen molar-refractivity contribution in [1.29, 1.82) is 0 Å². The zero-order chi connectivity index (χ0) is 25.9. The van der Waals surface area contributed by atoms with Gasteiger partial charge in [-0.05, 0) is 58.5 Å². The highest BCUT2D eigenvalue weighted by Gasteiger charge is 2.27. The van der Waals surface area contributed by atoms with Gasteiger partial charge in [-0.3, -0.25) is 0 Å². The molecular weight excluding hydrogens is 450 g/mol. The van der Waals surface area contributed by atoms with Crippen LogP contribution < -0.4 is 4.57 Å². The summed E-state index contributed by atoms with van der Waals surface area (Å²) in [6, 6.07) is 29.9. The summed E-state index contributed by atoms with van der Waals surface area (Å²) in [7, 11) is 2.14. The van der Waals surface area contributed by atoms with E-state index in [1.165, 1.54) is 38.5 Å². The van der Waals surface area contributed by atoms with Gasteiger partial charge in [0.05, 0.1) is 12.1 Å². The van der Waals surface area contributed by atoms with Crippen LogP contribution in [-0.2, 0) is 12.5 Å². The summed E-state index contributed by atoms with van der Waals surface area (Å²) in [5, 5.41) is 4.95. The molecule has 0 fully saturated rings. The summed E-state index contributed by atoms with van der Waals surface area (Å²) >= 11 is 0. The Balaban J connectivity index is 1.85. The molecule has 0 aliphatic heterocycles.